The predicted octanol–water partition coefficient (Wildman–Crippen LogP) is 6.28. The summed E-state index contributed by atoms with van der Waals surface area (Å²) < 4.78 is 54.3. The molecule has 0 bridgehead atoms. The van der Waals surface area contributed by atoms with Crippen LogP contribution < -0.4 is 0 Å². The molecule has 1 atom stereocenters. The molecule has 0 fully saturated rings. The van der Waals surface area contributed by atoms with Crippen molar-refractivity contribution in [3.8, 4) is 0 Å². The molecule has 3 rings (SSSR count). The van der Waals surface area contributed by atoms with Crippen LogP contribution in [-0.2, 0) is 0 Å². The minimum Gasteiger partial charge on any atom is -0.361 e. The van der Waals surface area contributed by atoms with Gasteiger partial charge in [0.1, 0.15) is 5.82 Å². The van der Waals surface area contributed by atoms with Crippen LogP contribution in [0.25, 0.3) is 17.0 Å². The SMILES string of the molecule is Cc1cc(C(/C=C/c2ccc3[nH]ccc3c2)C(F)(F)F)cc(C)c1F. The number of benzene rings is 2. The Morgan fingerprint density at radius 1 is 1.00 bits per heavy atom. The van der Waals surface area contributed by atoms with Crippen LogP contribution in [0.4, 0.5) is 17.6 Å². The molecule has 2 aromatic carbocycles. The van der Waals surface area contributed by atoms with Crippen LogP contribution in [0, 0.1) is 19.7 Å². The normalized spacial score (nSPS) is 13.7. The average molecular weight is 347 g/mol. The molecule has 0 radical (unpaired) electrons. The Kier molecular flexibility index (Phi) is 4.41. The maximum Gasteiger partial charge on any atom is 0.399 e. The molecule has 1 heterocycles. The molecular formula is C20H17F4N. The first kappa shape index (κ1) is 17.3. The summed E-state index contributed by atoms with van der Waals surface area (Å²) in [4.78, 5) is 3.04. The predicted molar refractivity (Wildman–Crippen MR) is 92.0 cm³/mol. The first-order chi connectivity index (χ1) is 11.8. The van der Waals surface area contributed by atoms with E-state index in [0.29, 0.717) is 5.56 Å². The van der Waals surface area contributed by atoms with E-state index in [1.165, 1.54) is 32.1 Å². The second kappa shape index (κ2) is 6.39. The largest absolute Gasteiger partial charge is 0.399 e. The maximum absolute atomic E-state index is 13.7. The highest BCUT2D eigenvalue weighted by Crippen LogP contribution is 2.37. The fourth-order valence-corrected chi connectivity index (χ4v) is 2.95. The molecule has 0 saturated heterocycles. The lowest BCUT2D eigenvalue weighted by Crippen LogP contribution is -2.19. The third kappa shape index (κ3) is 3.60. The Bertz CT molecular complexity index is 911. The van der Waals surface area contributed by atoms with Crippen LogP contribution >= 0.6 is 0 Å². The van der Waals surface area contributed by atoms with Crippen LogP contribution in [0.2, 0.25) is 0 Å². The van der Waals surface area contributed by atoms with Gasteiger partial charge in [-0.3, -0.25) is 0 Å². The molecule has 0 amide bonds. The van der Waals surface area contributed by atoms with E-state index in [9.17, 15) is 17.6 Å². The molecule has 0 aliphatic rings. The van der Waals surface area contributed by atoms with Crippen molar-refractivity contribution in [1.82, 2.24) is 4.98 Å². The number of H-pyrrole nitrogens is 1. The van der Waals surface area contributed by atoms with Gasteiger partial charge in [0, 0.05) is 11.7 Å². The quantitative estimate of drug-likeness (QED) is 0.536. The van der Waals surface area contributed by atoms with Gasteiger partial charge in [0.15, 0.2) is 0 Å². The third-order valence-electron chi connectivity index (χ3n) is 4.23. The summed E-state index contributed by atoms with van der Waals surface area (Å²) in [6, 6.07) is 9.78. The zero-order chi connectivity index (χ0) is 18.2. The molecule has 0 spiro atoms. The van der Waals surface area contributed by atoms with Crippen molar-refractivity contribution < 1.29 is 17.6 Å². The van der Waals surface area contributed by atoms with Crippen molar-refractivity contribution in [2.45, 2.75) is 25.9 Å². The summed E-state index contributed by atoms with van der Waals surface area (Å²) in [6.45, 7) is 2.95. The van der Waals surface area contributed by atoms with E-state index in [2.05, 4.69) is 4.98 Å². The highest BCUT2D eigenvalue weighted by Gasteiger charge is 2.39. The van der Waals surface area contributed by atoms with Gasteiger partial charge in [0.05, 0.1) is 5.92 Å². The number of allylic oxidation sites excluding steroid dienone is 1. The standard InChI is InChI=1S/C20H17F4N/c1-12-9-16(10-13(2)19(12)21)17(20(22,23)24)5-3-14-4-6-18-15(11-14)7-8-25-18/h3-11,17,25H,1-2H3/b5-3+. The van der Waals surface area contributed by atoms with Crippen LogP contribution in [-0.4, -0.2) is 11.2 Å². The van der Waals surface area contributed by atoms with Crippen molar-refractivity contribution in [2.75, 3.05) is 0 Å². The smallest absolute Gasteiger partial charge is 0.361 e. The number of hydrogen-bond acceptors (Lipinski definition) is 0. The molecule has 1 aromatic heterocycles. The van der Waals surface area contributed by atoms with Gasteiger partial charge in [-0.1, -0.05) is 30.4 Å². The summed E-state index contributed by atoms with van der Waals surface area (Å²) in [5.74, 6) is -2.25. The van der Waals surface area contributed by atoms with E-state index >= 15 is 0 Å². The molecule has 5 heteroatoms. The van der Waals surface area contributed by atoms with Crippen molar-refractivity contribution in [2.24, 2.45) is 0 Å². The number of fused-ring (bicyclic) bond motifs is 1. The van der Waals surface area contributed by atoms with E-state index in [1.54, 1.807) is 12.3 Å². The molecule has 1 nitrogen and oxygen atoms in total. The molecule has 3 aromatic rings. The second-order valence-electron chi connectivity index (χ2n) is 6.17. The summed E-state index contributed by atoms with van der Waals surface area (Å²) in [6.07, 6.45) is -0.0926. The number of alkyl halides is 3. The minimum atomic E-state index is -4.45. The van der Waals surface area contributed by atoms with E-state index in [4.69, 9.17) is 0 Å². The van der Waals surface area contributed by atoms with E-state index in [1.807, 2.05) is 18.2 Å². The lowest BCUT2D eigenvalue weighted by atomic mass is 9.93. The number of hydrogen-bond donors (Lipinski definition) is 1. The highest BCUT2D eigenvalue weighted by molar-refractivity contribution is 5.81. The topological polar surface area (TPSA) is 15.8 Å². The molecule has 0 aliphatic heterocycles. The number of aromatic amines is 1. The Morgan fingerprint density at radius 3 is 2.32 bits per heavy atom. The van der Waals surface area contributed by atoms with Gasteiger partial charge < -0.3 is 4.98 Å². The maximum atomic E-state index is 13.7. The molecule has 1 N–H and O–H groups in total. The van der Waals surface area contributed by atoms with Crippen LogP contribution in [0.3, 0.4) is 0 Å². The van der Waals surface area contributed by atoms with Gasteiger partial charge in [-0.05, 0) is 59.7 Å². The third-order valence-corrected chi connectivity index (χ3v) is 4.23. The Morgan fingerprint density at radius 2 is 1.68 bits per heavy atom. The van der Waals surface area contributed by atoms with Gasteiger partial charge in [0.2, 0.25) is 0 Å². The van der Waals surface area contributed by atoms with Crippen molar-refractivity contribution in [3.05, 3.63) is 76.7 Å². The Labute approximate surface area is 143 Å². The van der Waals surface area contributed by atoms with E-state index in [0.717, 1.165) is 17.0 Å². The van der Waals surface area contributed by atoms with Gasteiger partial charge in [-0.25, -0.2) is 4.39 Å². The van der Waals surface area contributed by atoms with E-state index < -0.39 is 17.9 Å². The lowest BCUT2D eigenvalue weighted by molar-refractivity contribution is -0.139. The van der Waals surface area contributed by atoms with E-state index in [-0.39, 0.29) is 16.7 Å². The average Bonchev–Trinajstić information content (AvgIpc) is 2.99. The number of nitrogens with one attached hydrogen (secondary N) is 1. The molecule has 130 valence electrons. The number of aryl methyl sites for hydroxylation is 2. The monoisotopic (exact) mass is 347 g/mol. The van der Waals surface area contributed by atoms with Crippen molar-refractivity contribution >= 4 is 17.0 Å². The highest BCUT2D eigenvalue weighted by atomic mass is 19.4. The number of halogens is 4. The van der Waals surface area contributed by atoms with Crippen molar-refractivity contribution in [1.29, 1.82) is 0 Å². The van der Waals surface area contributed by atoms with Crippen LogP contribution in [0.1, 0.15) is 28.2 Å². The summed E-state index contributed by atoms with van der Waals surface area (Å²) >= 11 is 0. The van der Waals surface area contributed by atoms with Crippen LogP contribution in [0.15, 0.2) is 48.7 Å². The number of aromatic nitrogens is 1. The van der Waals surface area contributed by atoms with Gasteiger partial charge in [-0.2, -0.15) is 13.2 Å². The summed E-state index contributed by atoms with van der Waals surface area (Å²) in [5.41, 5.74) is 2.08. The summed E-state index contributed by atoms with van der Waals surface area (Å²) in [7, 11) is 0. The molecule has 1 unspecified atom stereocenters. The Balaban J connectivity index is 1.99. The van der Waals surface area contributed by atoms with Gasteiger partial charge >= 0.3 is 6.18 Å². The molecule has 0 aliphatic carbocycles. The van der Waals surface area contributed by atoms with Gasteiger partial charge in [-0.15, -0.1) is 0 Å². The van der Waals surface area contributed by atoms with Crippen molar-refractivity contribution in [3.63, 3.8) is 0 Å². The molecular weight excluding hydrogens is 330 g/mol. The minimum absolute atomic E-state index is 0.0443. The number of rotatable bonds is 3. The first-order valence-electron chi connectivity index (χ1n) is 7.84. The molecule has 25 heavy (non-hydrogen) atoms. The van der Waals surface area contributed by atoms with Crippen LogP contribution in [0.5, 0.6) is 0 Å². The Hall–Kier alpha value is -2.56. The fourth-order valence-electron chi connectivity index (χ4n) is 2.95. The second-order valence-corrected chi connectivity index (χ2v) is 6.17. The lowest BCUT2D eigenvalue weighted by Gasteiger charge is -2.19. The zero-order valence-corrected chi connectivity index (χ0v) is 13.8. The first-order valence-corrected chi connectivity index (χ1v) is 7.84. The fraction of sp³-hybridized carbons (Fsp3) is 0.200. The summed E-state index contributed by atoms with van der Waals surface area (Å²) in [5, 5.41) is 0.930. The molecule has 0 saturated carbocycles. The zero-order valence-electron chi connectivity index (χ0n) is 13.8. The van der Waals surface area contributed by atoms with Gasteiger partial charge in [0.25, 0.3) is 0 Å².